The van der Waals surface area contributed by atoms with Gasteiger partial charge in [-0.25, -0.2) is 19.2 Å². The molecule has 0 spiro atoms. The van der Waals surface area contributed by atoms with Crippen LogP contribution >= 0.6 is 0 Å². The van der Waals surface area contributed by atoms with Crippen LogP contribution in [-0.4, -0.2) is 44.5 Å². The summed E-state index contributed by atoms with van der Waals surface area (Å²) in [6.45, 7) is 0. The third kappa shape index (κ3) is 5.15. The first-order chi connectivity index (χ1) is 11.8. The van der Waals surface area contributed by atoms with Crippen molar-refractivity contribution in [3.05, 3.63) is 70.8 Å². The minimum atomic E-state index is -1.25. The van der Waals surface area contributed by atoms with Gasteiger partial charge in [0.1, 0.15) is 0 Å². The second-order valence-corrected chi connectivity index (χ2v) is 4.39. The molecule has 0 heterocycles. The summed E-state index contributed by atoms with van der Waals surface area (Å²) in [4.78, 5) is 45.7. The summed E-state index contributed by atoms with van der Waals surface area (Å²) < 4.78 is 0. The van der Waals surface area contributed by atoms with Gasteiger partial charge in [-0.2, -0.15) is 5.26 Å². The lowest BCUT2D eigenvalue weighted by molar-refractivity contribution is -0.182. The number of carbonyl (C=O) groups is 4. The Morgan fingerprint density at radius 3 is 1.16 bits per heavy atom. The number of hydrogen-bond donors (Lipinski definition) is 4. The van der Waals surface area contributed by atoms with Crippen LogP contribution in [0.2, 0.25) is 0 Å². The van der Waals surface area contributed by atoms with Crippen LogP contribution in [0.3, 0.4) is 0 Å². The Morgan fingerprint density at radius 1 is 0.600 bits per heavy atom. The summed E-state index contributed by atoms with van der Waals surface area (Å²) in [6.07, 6.45) is 0. The molecule has 0 aromatic heterocycles. The van der Waals surface area contributed by atoms with E-state index in [0.29, 0.717) is 0 Å². The van der Waals surface area contributed by atoms with Crippen molar-refractivity contribution in [1.29, 1.82) is 0 Å². The van der Waals surface area contributed by atoms with Crippen LogP contribution in [0.1, 0.15) is 41.4 Å². The molecule has 0 amide bonds. The molecule has 4 N–H and O–H groups in total. The first kappa shape index (κ1) is 19.3. The van der Waals surface area contributed by atoms with Gasteiger partial charge in [0, 0.05) is 0 Å². The van der Waals surface area contributed by atoms with Gasteiger partial charge in [0.15, 0.2) is 0 Å². The van der Waals surface area contributed by atoms with Gasteiger partial charge >= 0.3 is 23.9 Å². The maximum atomic E-state index is 10.8. The largest absolute Gasteiger partial charge is 0.478 e. The number of carbonyl (C=O) groups excluding carboxylic acids is 1. The van der Waals surface area contributed by atoms with Crippen molar-refractivity contribution < 1.29 is 44.6 Å². The molecule has 0 bridgehead atoms. The van der Waals surface area contributed by atoms with Gasteiger partial charge in [-0.05, 0) is 24.3 Å². The van der Waals surface area contributed by atoms with Gasteiger partial charge in [-0.15, -0.1) is 0 Å². The topological polar surface area (TPSA) is 158 Å². The fourth-order valence-corrected chi connectivity index (χ4v) is 1.75. The van der Waals surface area contributed by atoms with Gasteiger partial charge in [0.05, 0.1) is 22.3 Å². The highest BCUT2D eigenvalue weighted by molar-refractivity contribution is 6.02. The Morgan fingerprint density at radius 2 is 0.880 bits per heavy atom. The third-order valence-electron chi connectivity index (χ3n) is 2.85. The summed E-state index contributed by atoms with van der Waals surface area (Å²) in [5.74, 6) is -4.79. The van der Waals surface area contributed by atoms with Crippen molar-refractivity contribution in [1.82, 2.24) is 0 Å². The number of carboxylic acid groups (broad SMARTS) is 3. The highest BCUT2D eigenvalue weighted by Crippen LogP contribution is 2.09. The predicted molar refractivity (Wildman–Crippen MR) is 81.8 cm³/mol. The maximum absolute atomic E-state index is 10.8. The van der Waals surface area contributed by atoms with Gasteiger partial charge in [-0.1, -0.05) is 24.3 Å². The van der Waals surface area contributed by atoms with Crippen LogP contribution in [0.4, 0.5) is 0 Å². The van der Waals surface area contributed by atoms with Crippen molar-refractivity contribution in [2.45, 2.75) is 0 Å². The quantitative estimate of drug-likeness (QED) is 0.479. The molecule has 0 unspecified atom stereocenters. The second kappa shape index (κ2) is 8.79. The van der Waals surface area contributed by atoms with Crippen molar-refractivity contribution in [3.63, 3.8) is 0 Å². The first-order valence-electron chi connectivity index (χ1n) is 6.53. The number of aromatic carboxylic acids is 3. The lowest BCUT2D eigenvalue weighted by Crippen LogP contribution is -2.09. The molecule has 0 saturated carbocycles. The number of hydrogen-bond acceptors (Lipinski definition) is 6. The molecule has 0 aliphatic heterocycles. The summed E-state index contributed by atoms with van der Waals surface area (Å²) in [6, 6.07) is 10.9. The van der Waals surface area contributed by atoms with E-state index < -0.39 is 23.9 Å². The minimum Gasteiger partial charge on any atom is -0.478 e. The summed E-state index contributed by atoms with van der Waals surface area (Å²) >= 11 is 0. The van der Waals surface area contributed by atoms with Crippen molar-refractivity contribution in [2.24, 2.45) is 0 Å². The Balaban J connectivity index is 0.000000251. The van der Waals surface area contributed by atoms with Crippen molar-refractivity contribution in [3.8, 4) is 0 Å². The highest BCUT2D eigenvalue weighted by Gasteiger charge is 2.16. The molecule has 2 aromatic rings. The van der Waals surface area contributed by atoms with Gasteiger partial charge in [0.2, 0.25) is 0 Å². The molecule has 0 aliphatic carbocycles. The average Bonchev–Trinajstić information content (AvgIpc) is 2.61. The first-order valence-corrected chi connectivity index (χ1v) is 6.53. The minimum absolute atomic E-state index is 0.183. The van der Waals surface area contributed by atoms with Crippen LogP contribution in [0.25, 0.3) is 0 Å². The Bertz CT molecular complexity index is 778. The zero-order valence-corrected chi connectivity index (χ0v) is 12.4. The van der Waals surface area contributed by atoms with E-state index in [1.165, 1.54) is 48.5 Å². The maximum Gasteiger partial charge on any atom is 0.373 e. The van der Waals surface area contributed by atoms with Crippen LogP contribution in [0, 0.1) is 0 Å². The molecule has 0 atom stereocenters. The monoisotopic (exact) mass is 348 g/mol. The van der Waals surface area contributed by atoms with Crippen LogP contribution in [0.5, 0.6) is 0 Å². The molecular weight excluding hydrogens is 336 g/mol. The standard InChI is InChI=1S/C8H6O5.C8H6O4/c9-7(10)5-3-1-2-4-6(5)8(11)13-12;9-7(10)5-3-1-2-4-6(5)8(11)12/h1-4,12H,(H,9,10);1-4H,(H,9,10)(H,11,12). The lowest BCUT2D eigenvalue weighted by Gasteiger charge is -2.00. The number of carboxylic acids is 3. The number of benzene rings is 2. The van der Waals surface area contributed by atoms with E-state index in [9.17, 15) is 19.2 Å². The SMILES string of the molecule is O=C(O)c1ccccc1C(=O)O.O=C(O)c1ccccc1C(=O)OO. The van der Waals surface area contributed by atoms with E-state index in [2.05, 4.69) is 4.89 Å². The molecule has 2 aromatic carbocycles. The summed E-state index contributed by atoms with van der Waals surface area (Å²) in [5, 5.41) is 33.8. The molecule has 0 radical (unpaired) electrons. The zero-order chi connectivity index (χ0) is 19.0. The van der Waals surface area contributed by atoms with Gasteiger partial charge < -0.3 is 15.3 Å². The van der Waals surface area contributed by atoms with Crippen LogP contribution < -0.4 is 0 Å². The second-order valence-electron chi connectivity index (χ2n) is 4.39. The fourth-order valence-electron chi connectivity index (χ4n) is 1.75. The van der Waals surface area contributed by atoms with E-state index in [1.54, 1.807) is 0 Å². The molecular formula is C16H12O9. The Hall–Kier alpha value is -3.72. The third-order valence-corrected chi connectivity index (χ3v) is 2.85. The summed E-state index contributed by atoms with van der Waals surface area (Å²) in [7, 11) is 0. The molecule has 2 rings (SSSR count). The van der Waals surface area contributed by atoms with Crippen molar-refractivity contribution in [2.75, 3.05) is 0 Å². The Kier molecular flexibility index (Phi) is 6.80. The molecule has 0 fully saturated rings. The molecule has 9 heteroatoms. The van der Waals surface area contributed by atoms with E-state index in [-0.39, 0.29) is 22.3 Å². The van der Waals surface area contributed by atoms with E-state index in [0.717, 1.165) is 0 Å². The Labute approximate surface area is 140 Å². The summed E-state index contributed by atoms with van der Waals surface area (Å²) in [5.41, 5.74) is -0.769. The van der Waals surface area contributed by atoms with Crippen LogP contribution in [0.15, 0.2) is 48.5 Å². The van der Waals surface area contributed by atoms with E-state index in [1.807, 2.05) is 0 Å². The normalized spacial score (nSPS) is 9.32. The lowest BCUT2D eigenvalue weighted by atomic mass is 10.1. The highest BCUT2D eigenvalue weighted by atomic mass is 17.1. The molecule has 0 saturated heterocycles. The smallest absolute Gasteiger partial charge is 0.373 e. The fraction of sp³-hybridized carbons (Fsp3) is 0. The van der Waals surface area contributed by atoms with E-state index >= 15 is 0 Å². The molecule has 25 heavy (non-hydrogen) atoms. The number of rotatable bonds is 4. The van der Waals surface area contributed by atoms with Gasteiger partial charge in [0.25, 0.3) is 0 Å². The average molecular weight is 348 g/mol. The van der Waals surface area contributed by atoms with Crippen molar-refractivity contribution >= 4 is 23.9 Å². The molecule has 0 aliphatic rings. The van der Waals surface area contributed by atoms with E-state index in [4.69, 9.17) is 20.6 Å². The molecule has 9 nitrogen and oxygen atoms in total. The predicted octanol–water partition coefficient (Wildman–Crippen LogP) is 2.10. The molecule has 130 valence electrons. The zero-order valence-electron chi connectivity index (χ0n) is 12.4. The van der Waals surface area contributed by atoms with Gasteiger partial charge in [-0.3, -0.25) is 4.89 Å². The van der Waals surface area contributed by atoms with Crippen LogP contribution in [-0.2, 0) is 4.89 Å².